The summed E-state index contributed by atoms with van der Waals surface area (Å²) in [6.45, 7) is 8.17. The van der Waals surface area contributed by atoms with E-state index in [1.165, 1.54) is 6.92 Å². The third-order valence-electron chi connectivity index (χ3n) is 6.72. The first-order valence-corrected chi connectivity index (χ1v) is 12.4. The SMILES string of the molecule is CC(=O)N1CCN(CC(=O)N2CCC(COc3cccc(CC(=O)O)c3)CC2)C(=O)[C@@H]1CC(C)C. The highest BCUT2D eigenvalue weighted by atomic mass is 16.5. The molecule has 3 amide bonds. The van der Waals surface area contributed by atoms with Crippen LogP contribution in [0.1, 0.15) is 45.6 Å². The van der Waals surface area contributed by atoms with Crippen molar-refractivity contribution in [3.63, 3.8) is 0 Å². The van der Waals surface area contributed by atoms with E-state index in [4.69, 9.17) is 9.84 Å². The molecule has 2 heterocycles. The second-order valence-electron chi connectivity index (χ2n) is 9.97. The second-order valence-corrected chi connectivity index (χ2v) is 9.97. The normalized spacial score (nSPS) is 19.3. The lowest BCUT2D eigenvalue weighted by Gasteiger charge is -2.41. The van der Waals surface area contributed by atoms with Crippen LogP contribution in [-0.2, 0) is 25.6 Å². The number of carboxylic acids is 1. The molecule has 9 heteroatoms. The Hall–Kier alpha value is -3.10. The number of rotatable bonds is 9. The Morgan fingerprint density at radius 1 is 1.11 bits per heavy atom. The van der Waals surface area contributed by atoms with E-state index in [1.807, 2.05) is 24.8 Å². The maximum Gasteiger partial charge on any atom is 0.307 e. The molecule has 9 nitrogen and oxygen atoms in total. The number of hydrogen-bond acceptors (Lipinski definition) is 5. The molecule has 0 spiro atoms. The fourth-order valence-corrected chi connectivity index (χ4v) is 4.79. The monoisotopic (exact) mass is 487 g/mol. The molecule has 3 rings (SSSR count). The molecule has 0 aliphatic carbocycles. The zero-order valence-corrected chi connectivity index (χ0v) is 20.9. The maximum atomic E-state index is 13.1. The number of benzene rings is 1. The van der Waals surface area contributed by atoms with Gasteiger partial charge in [-0.05, 0) is 48.8 Å². The first-order chi connectivity index (χ1) is 16.6. The smallest absolute Gasteiger partial charge is 0.307 e. The number of aliphatic carboxylic acids is 1. The number of likely N-dealkylation sites (tertiary alicyclic amines) is 1. The zero-order valence-electron chi connectivity index (χ0n) is 20.9. The van der Waals surface area contributed by atoms with Crippen LogP contribution >= 0.6 is 0 Å². The molecule has 2 fully saturated rings. The van der Waals surface area contributed by atoms with Crippen LogP contribution in [0.5, 0.6) is 5.75 Å². The predicted molar refractivity (Wildman–Crippen MR) is 130 cm³/mol. The average Bonchev–Trinajstić information content (AvgIpc) is 2.80. The average molecular weight is 488 g/mol. The largest absolute Gasteiger partial charge is 0.493 e. The van der Waals surface area contributed by atoms with Gasteiger partial charge in [0.05, 0.1) is 19.6 Å². The van der Waals surface area contributed by atoms with Crippen molar-refractivity contribution in [2.75, 3.05) is 39.3 Å². The van der Waals surface area contributed by atoms with Crippen molar-refractivity contribution in [2.45, 2.75) is 52.5 Å². The molecule has 1 N–H and O–H groups in total. The Kier molecular flexibility index (Phi) is 9.12. The number of piperazine rings is 1. The molecule has 1 atom stereocenters. The van der Waals surface area contributed by atoms with Gasteiger partial charge in [0, 0.05) is 33.1 Å². The Labute approximate surface area is 207 Å². The van der Waals surface area contributed by atoms with E-state index < -0.39 is 12.0 Å². The van der Waals surface area contributed by atoms with Gasteiger partial charge in [0.25, 0.3) is 0 Å². The minimum absolute atomic E-state index is 0.0395. The van der Waals surface area contributed by atoms with Gasteiger partial charge in [0.15, 0.2) is 0 Å². The van der Waals surface area contributed by atoms with Gasteiger partial charge >= 0.3 is 5.97 Å². The number of carbonyl (C=O) groups excluding carboxylic acids is 3. The van der Waals surface area contributed by atoms with Crippen LogP contribution in [-0.4, -0.2) is 88.9 Å². The fourth-order valence-electron chi connectivity index (χ4n) is 4.79. The molecule has 2 aliphatic heterocycles. The van der Waals surface area contributed by atoms with Gasteiger partial charge in [-0.2, -0.15) is 0 Å². The highest BCUT2D eigenvalue weighted by Crippen LogP contribution is 2.22. The molecule has 0 unspecified atom stereocenters. The summed E-state index contributed by atoms with van der Waals surface area (Å²) in [5.41, 5.74) is 0.699. The number of carboxylic acid groups (broad SMARTS) is 1. The Morgan fingerprint density at radius 2 is 1.83 bits per heavy atom. The lowest BCUT2D eigenvalue weighted by Crippen LogP contribution is -2.60. The van der Waals surface area contributed by atoms with Crippen molar-refractivity contribution in [2.24, 2.45) is 11.8 Å². The Balaban J connectivity index is 1.46. The standard InChI is InChI=1S/C26H37N3O6/c1-18(2)13-23-26(34)28(11-12-29(23)19(3)30)16-24(31)27-9-7-20(8-10-27)17-35-22-6-4-5-21(14-22)15-25(32)33/h4-6,14,18,20,23H,7-13,15-17H2,1-3H3,(H,32,33)/t23-/m0/s1. The Morgan fingerprint density at radius 3 is 2.46 bits per heavy atom. The summed E-state index contributed by atoms with van der Waals surface area (Å²) < 4.78 is 5.89. The van der Waals surface area contributed by atoms with Crippen molar-refractivity contribution in [1.82, 2.24) is 14.7 Å². The summed E-state index contributed by atoms with van der Waals surface area (Å²) in [6.07, 6.45) is 2.17. The third-order valence-corrected chi connectivity index (χ3v) is 6.72. The predicted octanol–water partition coefficient (Wildman–Crippen LogP) is 2.04. The fraction of sp³-hybridized carbons (Fsp3) is 0.615. The quantitative estimate of drug-likeness (QED) is 0.571. The topological polar surface area (TPSA) is 107 Å². The molecule has 1 aromatic rings. The van der Waals surface area contributed by atoms with Gasteiger partial charge in [0.1, 0.15) is 11.8 Å². The first-order valence-electron chi connectivity index (χ1n) is 12.4. The zero-order chi connectivity index (χ0) is 25.5. The van der Waals surface area contributed by atoms with Crippen molar-refractivity contribution in [1.29, 1.82) is 0 Å². The number of ether oxygens (including phenoxy) is 1. The van der Waals surface area contributed by atoms with E-state index in [0.29, 0.717) is 56.4 Å². The number of hydrogen-bond donors (Lipinski definition) is 1. The van der Waals surface area contributed by atoms with Crippen LogP contribution in [0, 0.1) is 11.8 Å². The molecule has 1 aromatic carbocycles. The summed E-state index contributed by atoms with van der Waals surface area (Å²) in [5.74, 6) is 0.0487. The van der Waals surface area contributed by atoms with Gasteiger partial charge in [-0.25, -0.2) is 0 Å². The lowest BCUT2D eigenvalue weighted by atomic mass is 9.97. The van der Waals surface area contributed by atoms with Gasteiger partial charge < -0.3 is 24.5 Å². The van der Waals surface area contributed by atoms with Crippen molar-refractivity contribution in [3.8, 4) is 5.75 Å². The highest BCUT2D eigenvalue weighted by Gasteiger charge is 2.37. The molecule has 2 aliphatic rings. The number of carbonyl (C=O) groups is 4. The molecular weight excluding hydrogens is 450 g/mol. The van der Waals surface area contributed by atoms with Gasteiger partial charge in [-0.3, -0.25) is 19.2 Å². The second kappa shape index (κ2) is 12.0. The Bertz CT molecular complexity index is 925. The van der Waals surface area contributed by atoms with Crippen molar-refractivity contribution >= 4 is 23.7 Å². The summed E-state index contributed by atoms with van der Waals surface area (Å²) in [4.78, 5) is 53.9. The first kappa shape index (κ1) is 26.5. The minimum Gasteiger partial charge on any atom is -0.493 e. The van der Waals surface area contributed by atoms with Crippen molar-refractivity contribution < 1.29 is 29.0 Å². The van der Waals surface area contributed by atoms with Crippen LogP contribution in [0.2, 0.25) is 0 Å². The van der Waals surface area contributed by atoms with Crippen LogP contribution in [0.15, 0.2) is 24.3 Å². The van der Waals surface area contributed by atoms with E-state index in [2.05, 4.69) is 0 Å². The van der Waals surface area contributed by atoms with Crippen LogP contribution < -0.4 is 4.74 Å². The summed E-state index contributed by atoms with van der Waals surface area (Å²) >= 11 is 0. The van der Waals surface area contributed by atoms with Gasteiger partial charge in [-0.1, -0.05) is 26.0 Å². The van der Waals surface area contributed by atoms with Gasteiger partial charge in [0.2, 0.25) is 17.7 Å². The molecule has 2 saturated heterocycles. The molecule has 0 saturated carbocycles. The van der Waals surface area contributed by atoms with Crippen LogP contribution in [0.3, 0.4) is 0 Å². The minimum atomic E-state index is -0.878. The third kappa shape index (κ3) is 7.44. The van der Waals surface area contributed by atoms with E-state index in [0.717, 1.165) is 12.8 Å². The number of amides is 3. The van der Waals surface area contributed by atoms with E-state index in [1.54, 1.807) is 28.0 Å². The molecule has 0 radical (unpaired) electrons. The van der Waals surface area contributed by atoms with Gasteiger partial charge in [-0.15, -0.1) is 0 Å². The van der Waals surface area contributed by atoms with E-state index >= 15 is 0 Å². The molecule has 192 valence electrons. The number of nitrogens with zero attached hydrogens (tertiary/aromatic N) is 3. The molecule has 0 aromatic heterocycles. The van der Waals surface area contributed by atoms with Crippen molar-refractivity contribution in [3.05, 3.63) is 29.8 Å². The molecule has 35 heavy (non-hydrogen) atoms. The van der Waals surface area contributed by atoms with Crippen LogP contribution in [0.4, 0.5) is 0 Å². The maximum absolute atomic E-state index is 13.1. The van der Waals surface area contributed by atoms with E-state index in [9.17, 15) is 19.2 Å². The molecule has 0 bridgehead atoms. The van der Waals surface area contributed by atoms with Crippen LogP contribution in [0.25, 0.3) is 0 Å². The molecular formula is C26H37N3O6. The number of piperidine rings is 1. The summed E-state index contributed by atoms with van der Waals surface area (Å²) in [5, 5.41) is 8.95. The summed E-state index contributed by atoms with van der Waals surface area (Å²) in [6, 6.07) is 6.63. The highest BCUT2D eigenvalue weighted by molar-refractivity contribution is 5.91. The van der Waals surface area contributed by atoms with E-state index in [-0.39, 0.29) is 36.6 Å². The summed E-state index contributed by atoms with van der Waals surface area (Å²) in [7, 11) is 0. The lowest BCUT2D eigenvalue weighted by molar-refractivity contribution is -0.154.